The lowest BCUT2D eigenvalue weighted by Gasteiger charge is -2.45. The van der Waals surface area contributed by atoms with Crippen molar-refractivity contribution < 1.29 is 9.90 Å². The number of carbonyl (C=O) groups excluding carboxylic acids is 1. The van der Waals surface area contributed by atoms with Crippen molar-refractivity contribution in [2.45, 2.75) is 30.4 Å². The van der Waals surface area contributed by atoms with E-state index in [1.54, 1.807) is 0 Å². The first-order valence-corrected chi connectivity index (χ1v) is 8.19. The van der Waals surface area contributed by atoms with Gasteiger partial charge < -0.3 is 10.0 Å². The van der Waals surface area contributed by atoms with Crippen LogP contribution in [-0.4, -0.2) is 23.5 Å². The van der Waals surface area contributed by atoms with Crippen molar-refractivity contribution in [1.29, 1.82) is 0 Å². The number of benzene rings is 2. The maximum absolute atomic E-state index is 13.3. The molecule has 0 amide bonds. The molecule has 5 rings (SSSR count). The van der Waals surface area contributed by atoms with E-state index in [0.717, 1.165) is 23.2 Å². The Morgan fingerprint density at radius 3 is 2.65 bits per heavy atom. The van der Waals surface area contributed by atoms with Gasteiger partial charge in [-0.05, 0) is 30.5 Å². The molecule has 2 aromatic rings. The van der Waals surface area contributed by atoms with Crippen LogP contribution in [0, 0.1) is 5.92 Å². The predicted octanol–water partition coefficient (Wildman–Crippen LogP) is 2.62. The van der Waals surface area contributed by atoms with Crippen molar-refractivity contribution in [1.82, 2.24) is 0 Å². The summed E-state index contributed by atoms with van der Waals surface area (Å²) in [7, 11) is 1.99. The van der Waals surface area contributed by atoms with Crippen molar-refractivity contribution in [3.8, 4) is 0 Å². The lowest BCUT2D eigenvalue weighted by molar-refractivity contribution is -0.139. The Labute approximate surface area is 135 Å². The van der Waals surface area contributed by atoms with Crippen LogP contribution in [0.4, 0.5) is 5.69 Å². The molecule has 116 valence electrons. The van der Waals surface area contributed by atoms with E-state index in [0.29, 0.717) is 0 Å². The van der Waals surface area contributed by atoms with E-state index >= 15 is 0 Å². The fraction of sp³-hybridized carbons (Fsp3) is 0.350. The van der Waals surface area contributed by atoms with Crippen molar-refractivity contribution in [2.24, 2.45) is 5.92 Å². The molecule has 2 aliphatic carbocycles. The second-order valence-electron chi connectivity index (χ2n) is 7.31. The fourth-order valence-corrected chi connectivity index (χ4v) is 5.36. The van der Waals surface area contributed by atoms with Crippen LogP contribution >= 0.6 is 0 Å². The average Bonchev–Trinajstić information content (AvgIpc) is 3.03. The summed E-state index contributed by atoms with van der Waals surface area (Å²) in [6.07, 6.45) is 0.851. The highest BCUT2D eigenvalue weighted by molar-refractivity contribution is 6.07. The lowest BCUT2D eigenvalue weighted by atomic mass is 9.76. The minimum atomic E-state index is -1.41. The van der Waals surface area contributed by atoms with Gasteiger partial charge in [0.05, 0.1) is 0 Å². The smallest absolute Gasteiger partial charge is 0.195 e. The molecule has 3 nitrogen and oxygen atoms in total. The van der Waals surface area contributed by atoms with Gasteiger partial charge in [-0.25, -0.2) is 0 Å². The van der Waals surface area contributed by atoms with Crippen LogP contribution in [-0.2, 0) is 16.8 Å². The Morgan fingerprint density at radius 2 is 1.83 bits per heavy atom. The Morgan fingerprint density at radius 1 is 1.13 bits per heavy atom. The van der Waals surface area contributed by atoms with Gasteiger partial charge in [0, 0.05) is 30.1 Å². The molecular weight excluding hydrogens is 286 g/mol. The molecular formula is C20H19NO2. The number of nitrogens with zero attached hydrogens (tertiary/aromatic N) is 1. The number of para-hydroxylation sites is 1. The van der Waals surface area contributed by atoms with Crippen LogP contribution in [0.3, 0.4) is 0 Å². The molecule has 3 aliphatic rings. The van der Waals surface area contributed by atoms with Gasteiger partial charge >= 0.3 is 0 Å². The zero-order valence-electron chi connectivity index (χ0n) is 13.3. The number of hydrogen-bond donors (Lipinski definition) is 1. The van der Waals surface area contributed by atoms with Gasteiger partial charge in [-0.3, -0.25) is 4.79 Å². The number of fused-ring (bicyclic) bond motifs is 9. The molecule has 3 heteroatoms. The van der Waals surface area contributed by atoms with Crippen LogP contribution < -0.4 is 4.90 Å². The SMILES string of the molecule is CN1c2ccccc2[C@@]2(O)C(=O)C1(C)[C@H]1Cc3ccccc3[C@H]12. The summed E-state index contributed by atoms with van der Waals surface area (Å²) in [6, 6.07) is 16.1. The summed E-state index contributed by atoms with van der Waals surface area (Å²) < 4.78 is 0. The lowest BCUT2D eigenvalue weighted by Crippen LogP contribution is -2.58. The van der Waals surface area contributed by atoms with Gasteiger partial charge in [-0.2, -0.15) is 0 Å². The Kier molecular flexibility index (Phi) is 2.23. The molecule has 1 heterocycles. The zero-order valence-corrected chi connectivity index (χ0v) is 13.3. The summed E-state index contributed by atoms with van der Waals surface area (Å²) in [5.41, 5.74) is 2.08. The third-order valence-electron chi connectivity index (χ3n) is 6.58. The summed E-state index contributed by atoms with van der Waals surface area (Å²) >= 11 is 0. The monoisotopic (exact) mass is 305 g/mol. The largest absolute Gasteiger partial charge is 0.376 e. The second kappa shape index (κ2) is 3.85. The number of rotatable bonds is 0. The number of aliphatic hydroxyl groups is 1. The van der Waals surface area contributed by atoms with Gasteiger partial charge in [0.2, 0.25) is 0 Å². The number of anilines is 1. The van der Waals surface area contributed by atoms with Crippen molar-refractivity contribution in [2.75, 3.05) is 11.9 Å². The van der Waals surface area contributed by atoms with Crippen molar-refractivity contribution in [3.63, 3.8) is 0 Å². The van der Waals surface area contributed by atoms with E-state index in [9.17, 15) is 9.90 Å². The standard InChI is InChI=1S/C20H19NO2/c1-19-15-11-12-7-3-4-8-13(12)17(15)20(23,18(19)22)14-9-5-6-10-16(14)21(19)2/h3-10,15,17,23H,11H2,1-2H3/t15-,17+,19?,20-/m0/s1. The maximum atomic E-state index is 13.3. The summed E-state index contributed by atoms with van der Waals surface area (Å²) in [6.45, 7) is 2.01. The van der Waals surface area contributed by atoms with Crippen molar-refractivity contribution in [3.05, 3.63) is 65.2 Å². The topological polar surface area (TPSA) is 40.5 Å². The van der Waals surface area contributed by atoms with Crippen LogP contribution in [0.25, 0.3) is 0 Å². The molecule has 1 aliphatic heterocycles. The minimum Gasteiger partial charge on any atom is -0.376 e. The quantitative estimate of drug-likeness (QED) is 0.813. The number of hydrogen-bond acceptors (Lipinski definition) is 3. The molecule has 0 radical (unpaired) electrons. The Bertz CT molecular complexity index is 860. The highest BCUT2D eigenvalue weighted by Gasteiger charge is 2.72. The first kappa shape index (κ1) is 13.3. The number of carbonyl (C=O) groups is 1. The molecule has 1 saturated carbocycles. The molecule has 0 spiro atoms. The summed E-state index contributed by atoms with van der Waals surface area (Å²) in [5.74, 6) is -0.0900. The molecule has 1 unspecified atom stereocenters. The molecule has 2 bridgehead atoms. The highest BCUT2D eigenvalue weighted by Crippen LogP contribution is 2.65. The molecule has 1 fully saturated rings. The Hall–Kier alpha value is -2.13. The highest BCUT2D eigenvalue weighted by atomic mass is 16.3. The minimum absolute atomic E-state index is 0.0456. The van der Waals surface area contributed by atoms with E-state index in [-0.39, 0.29) is 17.6 Å². The van der Waals surface area contributed by atoms with Crippen LogP contribution in [0.1, 0.15) is 29.5 Å². The summed E-state index contributed by atoms with van der Waals surface area (Å²) in [5, 5.41) is 11.7. The van der Waals surface area contributed by atoms with E-state index in [1.807, 2.05) is 50.4 Å². The Balaban J connectivity index is 1.87. The van der Waals surface area contributed by atoms with E-state index in [2.05, 4.69) is 17.0 Å². The molecule has 4 atom stereocenters. The van der Waals surface area contributed by atoms with Gasteiger partial charge in [0.25, 0.3) is 0 Å². The predicted molar refractivity (Wildman–Crippen MR) is 88.5 cm³/mol. The summed E-state index contributed by atoms with van der Waals surface area (Å²) in [4.78, 5) is 15.4. The third-order valence-corrected chi connectivity index (χ3v) is 6.58. The third kappa shape index (κ3) is 1.23. The van der Waals surface area contributed by atoms with E-state index in [1.165, 1.54) is 5.56 Å². The molecule has 1 N–H and O–H groups in total. The molecule has 0 aromatic heterocycles. The van der Waals surface area contributed by atoms with Gasteiger partial charge in [-0.1, -0.05) is 42.5 Å². The van der Waals surface area contributed by atoms with E-state index in [4.69, 9.17) is 0 Å². The zero-order chi connectivity index (χ0) is 16.0. The molecule has 0 saturated heterocycles. The maximum Gasteiger partial charge on any atom is 0.195 e. The molecule has 23 heavy (non-hydrogen) atoms. The normalized spacial score (nSPS) is 36.7. The van der Waals surface area contributed by atoms with Crippen LogP contribution in [0.5, 0.6) is 0 Å². The van der Waals surface area contributed by atoms with Crippen LogP contribution in [0.2, 0.25) is 0 Å². The first-order valence-electron chi connectivity index (χ1n) is 8.19. The number of likely N-dealkylation sites (N-methyl/N-ethyl adjacent to an activating group) is 1. The van der Waals surface area contributed by atoms with Gasteiger partial charge in [0.1, 0.15) is 5.54 Å². The number of ketones is 1. The van der Waals surface area contributed by atoms with Crippen LogP contribution in [0.15, 0.2) is 48.5 Å². The van der Waals surface area contributed by atoms with Gasteiger partial charge in [-0.15, -0.1) is 0 Å². The molecule has 2 aromatic carbocycles. The number of Topliss-reactive ketones (excluding diaryl/α,β-unsaturated/α-hetero) is 1. The van der Waals surface area contributed by atoms with Crippen molar-refractivity contribution >= 4 is 11.5 Å². The first-order chi connectivity index (χ1) is 11.0. The second-order valence-corrected chi connectivity index (χ2v) is 7.31. The fourth-order valence-electron chi connectivity index (χ4n) is 5.36. The van der Waals surface area contributed by atoms with E-state index < -0.39 is 11.1 Å². The van der Waals surface area contributed by atoms with Gasteiger partial charge in [0.15, 0.2) is 11.4 Å². The average molecular weight is 305 g/mol.